The lowest BCUT2D eigenvalue weighted by atomic mass is 10.1. The summed E-state index contributed by atoms with van der Waals surface area (Å²) in [4.78, 5) is 66.8. The van der Waals surface area contributed by atoms with Crippen LogP contribution in [0.2, 0.25) is 10.0 Å². The number of rotatable bonds is 8. The number of phenols is 1. The molecule has 41 heavy (non-hydrogen) atoms. The zero-order chi connectivity index (χ0) is 29.8. The first-order valence-corrected chi connectivity index (χ1v) is 13.2. The number of hydrogen-bond acceptors (Lipinski definition) is 9. The Balaban J connectivity index is 1.65. The summed E-state index contributed by atoms with van der Waals surface area (Å²) >= 11 is 11.9. The van der Waals surface area contributed by atoms with Crippen molar-refractivity contribution in [2.24, 2.45) is 0 Å². The molecule has 2 aromatic rings. The van der Waals surface area contributed by atoms with Gasteiger partial charge in [0.25, 0.3) is 17.7 Å². The zero-order valence-electron chi connectivity index (χ0n) is 21.6. The quantitative estimate of drug-likeness (QED) is 0.318. The molecule has 2 unspecified atom stereocenters. The Morgan fingerprint density at radius 2 is 1.76 bits per heavy atom. The molecule has 0 saturated carbocycles. The third-order valence-corrected chi connectivity index (χ3v) is 6.93. The van der Waals surface area contributed by atoms with Crippen molar-refractivity contribution < 1.29 is 43.7 Å². The summed E-state index contributed by atoms with van der Waals surface area (Å²) in [6, 6.07) is 6.34. The van der Waals surface area contributed by atoms with Gasteiger partial charge < -0.3 is 35.2 Å². The molecule has 2 aliphatic rings. The molecule has 1 fully saturated rings. The van der Waals surface area contributed by atoms with Gasteiger partial charge in [0.15, 0.2) is 5.75 Å². The van der Waals surface area contributed by atoms with E-state index < -0.39 is 66.9 Å². The number of carbonyl (C=O) groups excluding carboxylic acids is 5. The van der Waals surface area contributed by atoms with E-state index in [-0.39, 0.29) is 46.6 Å². The Morgan fingerprint density at radius 3 is 2.39 bits per heavy atom. The van der Waals surface area contributed by atoms with Gasteiger partial charge in [-0.15, -0.1) is 0 Å². The minimum absolute atomic E-state index is 0.0791. The fourth-order valence-electron chi connectivity index (χ4n) is 4.48. The number of benzene rings is 2. The van der Waals surface area contributed by atoms with E-state index in [0.717, 1.165) is 21.9 Å². The lowest BCUT2D eigenvalue weighted by Gasteiger charge is -2.26. The van der Waals surface area contributed by atoms with Crippen molar-refractivity contribution in [1.82, 2.24) is 10.6 Å². The van der Waals surface area contributed by atoms with Gasteiger partial charge >= 0.3 is 5.97 Å². The highest BCUT2D eigenvalue weighted by Gasteiger charge is 2.40. The molecule has 2 heterocycles. The molecule has 2 aromatic carbocycles. The first-order valence-electron chi connectivity index (χ1n) is 12.4. The number of aliphatic hydroxyl groups excluding tert-OH is 1. The molecule has 0 spiro atoms. The Bertz CT molecular complexity index is 1370. The number of anilines is 2. The van der Waals surface area contributed by atoms with Crippen LogP contribution in [0.15, 0.2) is 36.4 Å². The number of fused-ring (bicyclic) bond motifs is 1. The van der Waals surface area contributed by atoms with Gasteiger partial charge in [-0.2, -0.15) is 0 Å². The van der Waals surface area contributed by atoms with Gasteiger partial charge in [-0.3, -0.25) is 28.9 Å². The topological polar surface area (TPSA) is 175 Å². The molecule has 4 amide bonds. The van der Waals surface area contributed by atoms with E-state index in [9.17, 15) is 34.2 Å². The van der Waals surface area contributed by atoms with Crippen LogP contribution in [-0.2, 0) is 28.7 Å². The summed E-state index contributed by atoms with van der Waals surface area (Å²) in [6.45, 7) is 0.114. The summed E-state index contributed by atoms with van der Waals surface area (Å²) < 4.78 is 10.4. The van der Waals surface area contributed by atoms with Gasteiger partial charge in [0.2, 0.25) is 12.2 Å². The van der Waals surface area contributed by atoms with Gasteiger partial charge in [-0.25, -0.2) is 0 Å². The molecule has 4 rings (SSSR count). The second kappa shape index (κ2) is 12.7. The van der Waals surface area contributed by atoms with Crippen LogP contribution in [0.4, 0.5) is 11.4 Å². The van der Waals surface area contributed by atoms with Gasteiger partial charge in [-0.1, -0.05) is 35.3 Å². The fourth-order valence-corrected chi connectivity index (χ4v) is 4.97. The summed E-state index contributed by atoms with van der Waals surface area (Å²) in [5, 5.41) is 24.2. The van der Waals surface area contributed by atoms with E-state index in [1.54, 1.807) is 19.1 Å². The molecule has 2 aliphatic heterocycles. The molecule has 0 aliphatic carbocycles. The summed E-state index contributed by atoms with van der Waals surface area (Å²) in [5.41, 5.74) is 0.304. The normalized spacial score (nSPS) is 20.2. The summed E-state index contributed by atoms with van der Waals surface area (Å²) in [5.74, 6) is -3.95. The van der Waals surface area contributed by atoms with Crippen LogP contribution in [0, 0.1) is 0 Å². The standard InChI is InChI=1S/C26H26Cl2N4O9/c1-2-40-26-16(9-22(36)41-26)29-20(34)11-32-19-6-4-3-5-18(19)31(21(35)12-33)10-17(25(32)39)30-24(38)13-7-14(27)23(37)15(28)8-13/h3-8,16-17,26,33,37H,2,9-12H2,1H3,(H,29,34)(H,30,38)/t16-,17?,26?/m0/s1. The highest BCUT2D eigenvalue weighted by molar-refractivity contribution is 6.37. The first kappa shape index (κ1) is 30.1. The van der Waals surface area contributed by atoms with Crippen LogP contribution in [0.3, 0.4) is 0 Å². The highest BCUT2D eigenvalue weighted by Crippen LogP contribution is 2.34. The molecule has 15 heteroatoms. The number of nitrogens with zero attached hydrogens (tertiary/aromatic N) is 2. The molecular formula is C26H26Cl2N4O9. The smallest absolute Gasteiger partial charge is 0.310 e. The maximum Gasteiger partial charge on any atom is 0.310 e. The zero-order valence-corrected chi connectivity index (χ0v) is 23.1. The van der Waals surface area contributed by atoms with Crippen molar-refractivity contribution in [3.8, 4) is 5.75 Å². The van der Waals surface area contributed by atoms with Gasteiger partial charge in [0.1, 0.15) is 25.2 Å². The van der Waals surface area contributed by atoms with Crippen LogP contribution in [0.5, 0.6) is 5.75 Å². The Hall–Kier alpha value is -3.91. The number of aliphatic hydroxyl groups is 1. The van der Waals surface area contributed by atoms with Crippen LogP contribution in [-0.4, -0.2) is 84.5 Å². The third-order valence-electron chi connectivity index (χ3n) is 6.36. The lowest BCUT2D eigenvalue weighted by Crippen LogP contribution is -2.55. The number of ether oxygens (including phenoxy) is 2. The number of amides is 4. The van der Waals surface area contributed by atoms with Crippen molar-refractivity contribution in [1.29, 1.82) is 0 Å². The van der Waals surface area contributed by atoms with Crippen LogP contribution >= 0.6 is 23.2 Å². The monoisotopic (exact) mass is 608 g/mol. The van der Waals surface area contributed by atoms with Crippen LogP contribution in [0.1, 0.15) is 23.7 Å². The molecular weight excluding hydrogens is 583 g/mol. The van der Waals surface area contributed by atoms with Crippen LogP contribution in [0.25, 0.3) is 0 Å². The number of para-hydroxylation sites is 2. The van der Waals surface area contributed by atoms with Crippen molar-refractivity contribution >= 4 is 64.2 Å². The fraction of sp³-hybridized carbons (Fsp3) is 0.346. The van der Waals surface area contributed by atoms with E-state index in [2.05, 4.69) is 10.6 Å². The van der Waals surface area contributed by atoms with Crippen molar-refractivity contribution in [2.75, 3.05) is 36.1 Å². The SMILES string of the molecule is CCOC1OC(=O)C[C@@H]1NC(=O)CN1C(=O)C(NC(=O)c2cc(Cl)c(O)c(Cl)c2)CN(C(=O)CO)c2ccccc21. The van der Waals surface area contributed by atoms with E-state index in [1.807, 2.05) is 0 Å². The number of carbonyl (C=O) groups is 5. The lowest BCUT2D eigenvalue weighted by molar-refractivity contribution is -0.164. The number of phenolic OH excluding ortho intramolecular Hbond substituents is 1. The average Bonchev–Trinajstić information content (AvgIpc) is 3.24. The van der Waals surface area contributed by atoms with Crippen LogP contribution < -0.4 is 20.4 Å². The number of aromatic hydroxyl groups is 1. The second-order valence-corrected chi connectivity index (χ2v) is 9.90. The summed E-state index contributed by atoms with van der Waals surface area (Å²) in [7, 11) is 0. The Kier molecular flexibility index (Phi) is 9.33. The number of cyclic esters (lactones) is 1. The molecule has 4 N–H and O–H groups in total. The molecule has 0 radical (unpaired) electrons. The predicted octanol–water partition coefficient (Wildman–Crippen LogP) is 0.964. The number of hydrogen-bond donors (Lipinski definition) is 4. The molecule has 3 atom stereocenters. The molecule has 0 aromatic heterocycles. The van der Waals surface area contributed by atoms with Crippen molar-refractivity contribution in [2.45, 2.75) is 31.7 Å². The third kappa shape index (κ3) is 6.54. The number of nitrogens with one attached hydrogen (secondary N) is 2. The largest absolute Gasteiger partial charge is 0.505 e. The molecule has 218 valence electrons. The maximum absolute atomic E-state index is 13.8. The van der Waals surface area contributed by atoms with E-state index >= 15 is 0 Å². The number of esters is 1. The van der Waals surface area contributed by atoms with Crippen molar-refractivity contribution in [3.05, 3.63) is 52.0 Å². The summed E-state index contributed by atoms with van der Waals surface area (Å²) in [6.07, 6.45) is -1.12. The molecule has 0 bridgehead atoms. The van der Waals surface area contributed by atoms with E-state index in [0.29, 0.717) is 0 Å². The van der Waals surface area contributed by atoms with Gasteiger partial charge in [-0.05, 0) is 31.2 Å². The van der Waals surface area contributed by atoms with Gasteiger partial charge in [0.05, 0.1) is 34.4 Å². The van der Waals surface area contributed by atoms with Gasteiger partial charge in [0, 0.05) is 12.2 Å². The minimum Gasteiger partial charge on any atom is -0.505 e. The maximum atomic E-state index is 13.8. The highest BCUT2D eigenvalue weighted by atomic mass is 35.5. The van der Waals surface area contributed by atoms with E-state index in [1.165, 1.54) is 12.1 Å². The predicted molar refractivity (Wildman–Crippen MR) is 146 cm³/mol. The molecule has 1 saturated heterocycles. The van der Waals surface area contributed by atoms with E-state index in [4.69, 9.17) is 32.7 Å². The Labute approximate surface area is 243 Å². The second-order valence-electron chi connectivity index (χ2n) is 9.08. The Morgan fingerprint density at radius 1 is 1.10 bits per heavy atom. The van der Waals surface area contributed by atoms with Crippen molar-refractivity contribution in [3.63, 3.8) is 0 Å². The minimum atomic E-state index is -1.39. The number of halogens is 2. The average molecular weight is 609 g/mol. The first-order chi connectivity index (χ1) is 19.5. The molecule has 13 nitrogen and oxygen atoms in total.